The Morgan fingerprint density at radius 1 is 0.636 bits per heavy atom. The number of benzene rings is 5. The number of hydrogen-bond acceptors (Lipinski definition) is 3. The number of carbonyl (C=O) groups is 1. The van der Waals surface area contributed by atoms with Crippen molar-refractivity contribution in [1.82, 2.24) is 0 Å². The SMILES string of the molecule is CCCCC(O[B-](c1ccccc1)(c1ccccc1)c1ccccc1)(c1ccccc1)c1ccc(OC(=O)C(C)CC)cc1. The molecule has 0 radical (unpaired) electrons. The number of rotatable bonds is 13. The maximum atomic E-state index is 12.6. The van der Waals surface area contributed by atoms with Crippen molar-refractivity contribution in [3.05, 3.63) is 157 Å². The molecule has 5 aromatic carbocycles. The summed E-state index contributed by atoms with van der Waals surface area (Å²) in [5, 5.41) is 0. The highest BCUT2D eigenvalue weighted by atomic mass is 16.5. The van der Waals surface area contributed by atoms with E-state index in [2.05, 4.69) is 140 Å². The predicted molar refractivity (Wildman–Crippen MR) is 183 cm³/mol. The quantitative estimate of drug-likeness (QED) is 0.0810. The third-order valence-corrected chi connectivity index (χ3v) is 8.86. The van der Waals surface area contributed by atoms with Crippen molar-refractivity contribution in [3.8, 4) is 5.75 Å². The molecule has 0 bridgehead atoms. The summed E-state index contributed by atoms with van der Waals surface area (Å²) in [6.45, 7) is 6.11. The van der Waals surface area contributed by atoms with Crippen molar-refractivity contribution in [1.29, 1.82) is 0 Å². The lowest BCUT2D eigenvalue weighted by Crippen LogP contribution is -2.71. The second-order valence-corrected chi connectivity index (χ2v) is 11.7. The lowest BCUT2D eigenvalue weighted by molar-refractivity contribution is -0.138. The molecule has 0 aromatic heterocycles. The molecule has 0 N–H and O–H groups in total. The fraction of sp³-hybridized carbons (Fsp3) is 0.225. The Kier molecular flexibility index (Phi) is 10.1. The molecule has 2 unspecified atom stereocenters. The van der Waals surface area contributed by atoms with Crippen molar-refractivity contribution >= 4 is 28.7 Å². The molecule has 224 valence electrons. The predicted octanol–water partition coefficient (Wildman–Crippen LogP) is 7.76. The van der Waals surface area contributed by atoms with Gasteiger partial charge >= 0.3 is 5.97 Å². The van der Waals surface area contributed by atoms with Gasteiger partial charge in [-0.05, 0) is 36.1 Å². The first kappa shape index (κ1) is 31.0. The van der Waals surface area contributed by atoms with Gasteiger partial charge in [0.2, 0.25) is 0 Å². The minimum atomic E-state index is -1.92. The number of unbranched alkanes of at least 4 members (excludes halogenated alkanes) is 1. The van der Waals surface area contributed by atoms with Crippen molar-refractivity contribution < 1.29 is 14.2 Å². The van der Waals surface area contributed by atoms with Crippen LogP contribution in [0.4, 0.5) is 0 Å². The van der Waals surface area contributed by atoms with Gasteiger partial charge in [-0.15, -0.1) is 0 Å². The topological polar surface area (TPSA) is 35.5 Å². The largest absolute Gasteiger partial charge is 0.567 e. The molecule has 5 rings (SSSR count). The van der Waals surface area contributed by atoms with Gasteiger partial charge in [-0.2, -0.15) is 16.4 Å². The van der Waals surface area contributed by atoms with Crippen LogP contribution in [0, 0.1) is 5.92 Å². The number of ether oxygens (including phenoxy) is 1. The summed E-state index contributed by atoms with van der Waals surface area (Å²) in [5.74, 6) is 0.177. The summed E-state index contributed by atoms with van der Waals surface area (Å²) in [6, 6.07) is 50.4. The molecule has 0 fully saturated rings. The molecule has 0 aliphatic heterocycles. The highest BCUT2D eigenvalue weighted by Crippen LogP contribution is 2.41. The number of carbonyl (C=O) groups excluding carboxylic acids is 1. The van der Waals surface area contributed by atoms with Gasteiger partial charge in [0.1, 0.15) is 5.75 Å². The van der Waals surface area contributed by atoms with Crippen molar-refractivity contribution in [3.63, 3.8) is 0 Å². The van der Waals surface area contributed by atoms with Gasteiger partial charge < -0.3 is 9.39 Å². The molecule has 0 saturated carbocycles. The summed E-state index contributed by atoms with van der Waals surface area (Å²) in [7, 11) is 0. The Hall–Kier alpha value is -4.41. The second-order valence-electron chi connectivity index (χ2n) is 11.7. The zero-order valence-corrected chi connectivity index (χ0v) is 26.1. The first-order valence-corrected chi connectivity index (χ1v) is 15.9. The molecular formula is C40H42BO3-. The molecule has 44 heavy (non-hydrogen) atoms. The molecule has 0 amide bonds. The minimum absolute atomic E-state index is 0.156. The summed E-state index contributed by atoms with van der Waals surface area (Å²) < 4.78 is 13.7. The summed E-state index contributed by atoms with van der Waals surface area (Å²) in [5.41, 5.74) is 4.64. The molecule has 0 heterocycles. The smallest absolute Gasteiger partial charge is 0.314 e. The highest BCUT2D eigenvalue weighted by molar-refractivity contribution is 7.07. The van der Waals surface area contributed by atoms with Gasteiger partial charge in [0.15, 0.2) is 6.35 Å². The molecule has 0 aliphatic rings. The first-order chi connectivity index (χ1) is 21.5. The van der Waals surface area contributed by atoms with Crippen LogP contribution in [-0.4, -0.2) is 12.3 Å². The van der Waals surface area contributed by atoms with Crippen LogP contribution in [0.5, 0.6) is 5.75 Å². The summed E-state index contributed by atoms with van der Waals surface area (Å²) in [4.78, 5) is 12.6. The van der Waals surface area contributed by atoms with Crippen LogP contribution in [0.2, 0.25) is 0 Å². The van der Waals surface area contributed by atoms with E-state index in [1.165, 1.54) is 0 Å². The zero-order valence-electron chi connectivity index (χ0n) is 26.1. The number of esters is 1. The maximum absolute atomic E-state index is 12.6. The van der Waals surface area contributed by atoms with Gasteiger partial charge in [0.25, 0.3) is 0 Å². The molecule has 4 heteroatoms. The standard InChI is InChI=1S/C40H42BO3/c1-4-6-31-40(33-19-11-7-12-20-33,34-27-29-38(30-28-34)43-39(42)32(3)5-2)44-41(35-21-13-8-14-22-35,36-23-15-9-16-24-36)37-25-17-10-18-26-37/h7-30,32H,4-6,31H2,1-3H3/q-1. The molecule has 3 nitrogen and oxygen atoms in total. The Balaban J connectivity index is 1.77. The Morgan fingerprint density at radius 3 is 1.50 bits per heavy atom. The van der Waals surface area contributed by atoms with E-state index in [1.807, 2.05) is 26.0 Å². The highest BCUT2D eigenvalue weighted by Gasteiger charge is 2.42. The van der Waals surface area contributed by atoms with E-state index < -0.39 is 11.9 Å². The lowest BCUT2D eigenvalue weighted by Gasteiger charge is -2.53. The van der Waals surface area contributed by atoms with Crippen LogP contribution in [0.1, 0.15) is 57.6 Å². The van der Waals surface area contributed by atoms with E-state index in [1.54, 1.807) is 0 Å². The first-order valence-electron chi connectivity index (χ1n) is 15.9. The Labute approximate surface area is 262 Å². The van der Waals surface area contributed by atoms with E-state index >= 15 is 0 Å². The van der Waals surface area contributed by atoms with Gasteiger partial charge in [0, 0.05) is 0 Å². The average Bonchev–Trinajstić information content (AvgIpc) is 3.10. The van der Waals surface area contributed by atoms with Crippen LogP contribution in [-0.2, 0) is 15.0 Å². The van der Waals surface area contributed by atoms with Crippen LogP contribution in [0.3, 0.4) is 0 Å². The van der Waals surface area contributed by atoms with Crippen molar-refractivity contribution in [2.45, 2.75) is 52.1 Å². The van der Waals surface area contributed by atoms with Crippen LogP contribution in [0.15, 0.2) is 146 Å². The third kappa shape index (κ3) is 6.41. The van der Waals surface area contributed by atoms with Gasteiger partial charge in [0.05, 0.1) is 11.5 Å². The van der Waals surface area contributed by atoms with Gasteiger partial charge in [-0.25, -0.2) is 0 Å². The fourth-order valence-corrected chi connectivity index (χ4v) is 6.21. The van der Waals surface area contributed by atoms with E-state index in [-0.39, 0.29) is 11.9 Å². The van der Waals surface area contributed by atoms with E-state index in [9.17, 15) is 4.79 Å². The minimum Gasteiger partial charge on any atom is -0.567 e. The maximum Gasteiger partial charge on any atom is 0.314 e. The molecular weight excluding hydrogens is 539 g/mol. The molecule has 5 aromatic rings. The van der Waals surface area contributed by atoms with Gasteiger partial charge in [-0.1, -0.05) is 167 Å². The zero-order chi connectivity index (χ0) is 30.8. The van der Waals surface area contributed by atoms with Crippen LogP contribution in [0.25, 0.3) is 0 Å². The Morgan fingerprint density at radius 2 is 1.07 bits per heavy atom. The lowest BCUT2D eigenvalue weighted by atomic mass is 9.28. The normalized spacial score (nSPS) is 13.5. The molecule has 0 saturated heterocycles. The van der Waals surface area contributed by atoms with E-state index in [0.717, 1.165) is 53.2 Å². The second kappa shape index (κ2) is 14.4. The molecule has 0 spiro atoms. The van der Waals surface area contributed by atoms with Crippen LogP contribution < -0.4 is 21.1 Å². The van der Waals surface area contributed by atoms with Crippen molar-refractivity contribution in [2.24, 2.45) is 5.92 Å². The third-order valence-electron chi connectivity index (χ3n) is 8.86. The van der Waals surface area contributed by atoms with E-state index in [0.29, 0.717) is 5.75 Å². The average molecular weight is 582 g/mol. The monoisotopic (exact) mass is 581 g/mol. The Bertz CT molecular complexity index is 1490. The number of hydrogen-bond donors (Lipinski definition) is 0. The van der Waals surface area contributed by atoms with Crippen LogP contribution >= 0.6 is 0 Å². The van der Waals surface area contributed by atoms with E-state index in [4.69, 9.17) is 9.39 Å². The molecule has 2 atom stereocenters. The van der Waals surface area contributed by atoms with Crippen molar-refractivity contribution in [2.75, 3.05) is 0 Å². The summed E-state index contributed by atoms with van der Waals surface area (Å²) >= 11 is 0. The molecule has 0 aliphatic carbocycles. The fourth-order valence-electron chi connectivity index (χ4n) is 6.21. The van der Waals surface area contributed by atoms with Gasteiger partial charge in [-0.3, -0.25) is 4.79 Å². The summed E-state index contributed by atoms with van der Waals surface area (Å²) in [6.07, 6.45) is 1.57.